The predicted molar refractivity (Wildman–Crippen MR) is 106 cm³/mol. The van der Waals surface area contributed by atoms with Gasteiger partial charge in [0.05, 0.1) is 6.20 Å². The summed E-state index contributed by atoms with van der Waals surface area (Å²) in [5, 5.41) is 7.64. The summed E-state index contributed by atoms with van der Waals surface area (Å²) in [5.41, 5.74) is 1.97. The van der Waals surface area contributed by atoms with Crippen LogP contribution in [0.2, 0.25) is 0 Å². The first-order valence-electron chi connectivity index (χ1n) is 9.02. The molecule has 1 unspecified atom stereocenters. The fraction of sp³-hybridized carbons (Fsp3) is 0.474. The summed E-state index contributed by atoms with van der Waals surface area (Å²) in [4.78, 5) is 7.01. The molecule has 1 aromatic heterocycles. The molecule has 0 amide bonds. The molecule has 1 saturated heterocycles. The minimum absolute atomic E-state index is 0.175. The second-order valence-electron chi connectivity index (χ2n) is 6.60. The van der Waals surface area contributed by atoms with Crippen molar-refractivity contribution in [3.05, 3.63) is 52.0 Å². The fourth-order valence-electron chi connectivity index (χ4n) is 3.32. The maximum atomic E-state index is 13.9. The average Bonchev–Trinajstić information content (AvgIpc) is 3.26. The molecule has 1 aliphatic heterocycles. The van der Waals surface area contributed by atoms with Gasteiger partial charge in [-0.1, -0.05) is 15.9 Å². The van der Waals surface area contributed by atoms with Crippen LogP contribution in [0.1, 0.15) is 30.4 Å². The van der Waals surface area contributed by atoms with Gasteiger partial charge < -0.3 is 10.2 Å². The number of aliphatic imine (C=N–C) groups is 1. The number of nitrogens with one attached hydrogen (secondary N) is 1. The lowest BCUT2D eigenvalue weighted by Gasteiger charge is -2.21. The third kappa shape index (κ3) is 4.63. The Balaban J connectivity index is 1.63. The van der Waals surface area contributed by atoms with Gasteiger partial charge in [0, 0.05) is 49.8 Å². The molecule has 0 aliphatic carbocycles. The molecular weight excluding hydrogens is 397 g/mol. The van der Waals surface area contributed by atoms with E-state index in [9.17, 15) is 4.39 Å². The van der Waals surface area contributed by atoms with Gasteiger partial charge in [-0.3, -0.25) is 9.67 Å². The molecule has 140 valence electrons. The van der Waals surface area contributed by atoms with Gasteiger partial charge in [-0.15, -0.1) is 0 Å². The second kappa shape index (κ2) is 8.66. The standard InChI is InChI=1S/C19H25BrFN5/c1-3-22-19(23-8-6-14-10-17(20)4-5-18(14)21)26-9-7-15(13-26)16-11-24-25(2)12-16/h4-5,10-12,15H,3,6-9,13H2,1-2H3,(H,22,23). The molecule has 1 aromatic carbocycles. The average molecular weight is 422 g/mol. The van der Waals surface area contributed by atoms with Crippen LogP contribution >= 0.6 is 15.9 Å². The number of rotatable bonds is 5. The molecule has 0 saturated carbocycles. The minimum atomic E-state index is -0.175. The Labute approximate surface area is 162 Å². The van der Waals surface area contributed by atoms with Crippen molar-refractivity contribution >= 4 is 21.9 Å². The van der Waals surface area contributed by atoms with Gasteiger partial charge in [-0.25, -0.2) is 4.39 Å². The van der Waals surface area contributed by atoms with Gasteiger partial charge in [0.2, 0.25) is 0 Å². The first-order valence-corrected chi connectivity index (χ1v) is 9.82. The third-order valence-corrected chi connectivity index (χ3v) is 5.16. The van der Waals surface area contributed by atoms with Crippen molar-refractivity contribution < 1.29 is 4.39 Å². The molecule has 0 radical (unpaired) electrons. The lowest BCUT2D eigenvalue weighted by atomic mass is 10.0. The lowest BCUT2D eigenvalue weighted by Crippen LogP contribution is -2.40. The van der Waals surface area contributed by atoms with Crippen LogP contribution in [-0.4, -0.2) is 46.8 Å². The summed E-state index contributed by atoms with van der Waals surface area (Å²) >= 11 is 3.40. The van der Waals surface area contributed by atoms with Crippen molar-refractivity contribution in [2.45, 2.75) is 25.7 Å². The van der Waals surface area contributed by atoms with Crippen LogP contribution in [0, 0.1) is 5.82 Å². The molecule has 1 fully saturated rings. The second-order valence-corrected chi connectivity index (χ2v) is 7.52. The van der Waals surface area contributed by atoms with Crippen LogP contribution in [-0.2, 0) is 13.5 Å². The third-order valence-electron chi connectivity index (χ3n) is 4.67. The number of guanidine groups is 1. The summed E-state index contributed by atoms with van der Waals surface area (Å²) in [6, 6.07) is 5.04. The topological polar surface area (TPSA) is 45.5 Å². The highest BCUT2D eigenvalue weighted by Crippen LogP contribution is 2.26. The molecule has 7 heteroatoms. The van der Waals surface area contributed by atoms with Crippen molar-refractivity contribution in [3.63, 3.8) is 0 Å². The highest BCUT2D eigenvalue weighted by atomic mass is 79.9. The van der Waals surface area contributed by atoms with Crippen molar-refractivity contribution in [2.75, 3.05) is 26.2 Å². The molecule has 1 atom stereocenters. The van der Waals surface area contributed by atoms with E-state index >= 15 is 0 Å². The first kappa shape index (κ1) is 18.9. The molecule has 3 rings (SSSR count). The Morgan fingerprint density at radius 3 is 3.04 bits per heavy atom. The normalized spacial score (nSPS) is 17.8. The Kier molecular flexibility index (Phi) is 6.29. The van der Waals surface area contributed by atoms with Crippen LogP contribution in [0.4, 0.5) is 4.39 Å². The Hall–Kier alpha value is -1.89. The predicted octanol–water partition coefficient (Wildman–Crippen LogP) is 3.32. The van der Waals surface area contributed by atoms with Crippen LogP contribution in [0.15, 0.2) is 40.1 Å². The van der Waals surface area contributed by atoms with Gasteiger partial charge in [-0.2, -0.15) is 5.10 Å². The molecule has 5 nitrogen and oxygen atoms in total. The summed E-state index contributed by atoms with van der Waals surface area (Å²) in [5.74, 6) is 1.22. The van der Waals surface area contributed by atoms with Crippen molar-refractivity contribution in [2.24, 2.45) is 12.0 Å². The van der Waals surface area contributed by atoms with Crippen LogP contribution in [0.25, 0.3) is 0 Å². The SMILES string of the molecule is CCNC(=NCCc1cc(Br)ccc1F)N1CCC(c2cnn(C)c2)C1. The Bertz CT molecular complexity index is 773. The van der Waals surface area contributed by atoms with E-state index < -0.39 is 0 Å². The summed E-state index contributed by atoms with van der Waals surface area (Å²) in [7, 11) is 1.95. The molecule has 0 spiro atoms. The van der Waals surface area contributed by atoms with E-state index in [1.54, 1.807) is 6.07 Å². The maximum Gasteiger partial charge on any atom is 0.193 e. The zero-order valence-electron chi connectivity index (χ0n) is 15.3. The van der Waals surface area contributed by atoms with E-state index in [4.69, 9.17) is 4.99 Å². The summed E-state index contributed by atoms with van der Waals surface area (Å²) in [6.07, 6.45) is 5.72. The quantitative estimate of drug-likeness (QED) is 0.594. The molecule has 2 aromatic rings. The van der Waals surface area contributed by atoms with E-state index in [2.05, 4.69) is 44.4 Å². The smallest absolute Gasteiger partial charge is 0.193 e. The molecule has 1 aliphatic rings. The van der Waals surface area contributed by atoms with E-state index in [0.717, 1.165) is 36.5 Å². The minimum Gasteiger partial charge on any atom is -0.357 e. The van der Waals surface area contributed by atoms with E-state index in [0.29, 0.717) is 24.4 Å². The number of aryl methyl sites for hydroxylation is 1. The Morgan fingerprint density at radius 2 is 2.31 bits per heavy atom. The first-order chi connectivity index (χ1) is 12.6. The van der Waals surface area contributed by atoms with Crippen molar-refractivity contribution in [1.82, 2.24) is 20.0 Å². The number of hydrogen-bond acceptors (Lipinski definition) is 2. The van der Waals surface area contributed by atoms with E-state index in [-0.39, 0.29) is 5.82 Å². The van der Waals surface area contributed by atoms with Crippen molar-refractivity contribution in [3.8, 4) is 0 Å². The van der Waals surface area contributed by atoms with Gasteiger partial charge in [0.25, 0.3) is 0 Å². The zero-order valence-corrected chi connectivity index (χ0v) is 16.8. The van der Waals surface area contributed by atoms with Gasteiger partial charge in [-0.05, 0) is 49.1 Å². The number of nitrogens with zero attached hydrogens (tertiary/aromatic N) is 4. The van der Waals surface area contributed by atoms with Gasteiger partial charge in [0.1, 0.15) is 5.82 Å². The monoisotopic (exact) mass is 421 g/mol. The molecule has 26 heavy (non-hydrogen) atoms. The largest absolute Gasteiger partial charge is 0.357 e. The number of hydrogen-bond donors (Lipinski definition) is 1. The van der Waals surface area contributed by atoms with Gasteiger partial charge in [0.15, 0.2) is 5.96 Å². The highest BCUT2D eigenvalue weighted by Gasteiger charge is 2.26. The highest BCUT2D eigenvalue weighted by molar-refractivity contribution is 9.10. The number of halogens is 2. The van der Waals surface area contributed by atoms with E-state index in [1.165, 1.54) is 11.6 Å². The van der Waals surface area contributed by atoms with Crippen LogP contribution in [0.3, 0.4) is 0 Å². The zero-order chi connectivity index (χ0) is 18.5. The maximum absolute atomic E-state index is 13.9. The van der Waals surface area contributed by atoms with Crippen molar-refractivity contribution in [1.29, 1.82) is 0 Å². The Morgan fingerprint density at radius 1 is 1.46 bits per heavy atom. The van der Waals surface area contributed by atoms with E-state index in [1.807, 2.05) is 24.0 Å². The molecule has 2 heterocycles. The van der Waals surface area contributed by atoms with Crippen LogP contribution in [0.5, 0.6) is 0 Å². The fourth-order valence-corrected chi connectivity index (χ4v) is 3.73. The summed E-state index contributed by atoms with van der Waals surface area (Å²) < 4.78 is 16.6. The number of aromatic nitrogens is 2. The molecule has 1 N–H and O–H groups in total. The molecular formula is C19H25BrFN5. The summed E-state index contributed by atoms with van der Waals surface area (Å²) in [6.45, 7) is 5.35. The number of benzene rings is 1. The molecule has 0 bridgehead atoms. The number of likely N-dealkylation sites (tertiary alicyclic amines) is 1. The van der Waals surface area contributed by atoms with Crippen LogP contribution < -0.4 is 5.32 Å². The lowest BCUT2D eigenvalue weighted by molar-refractivity contribution is 0.486. The van der Waals surface area contributed by atoms with Gasteiger partial charge >= 0.3 is 0 Å².